The van der Waals surface area contributed by atoms with Crippen molar-refractivity contribution >= 4 is 15.8 Å². The van der Waals surface area contributed by atoms with Crippen LogP contribution in [0.1, 0.15) is 214 Å². The van der Waals surface area contributed by atoms with Gasteiger partial charge in [-0.05, 0) is 62.2 Å². The molecule has 0 radical (unpaired) electrons. The summed E-state index contributed by atoms with van der Waals surface area (Å²) < 4.78 is 0. The Bertz CT molecular complexity index is 383. The van der Waals surface area contributed by atoms with Gasteiger partial charge in [0, 0.05) is 0 Å². The van der Waals surface area contributed by atoms with Crippen LogP contribution in [0.2, 0.25) is 0 Å². The van der Waals surface area contributed by atoms with Crippen LogP contribution in [-0.2, 0) is 0 Å². The van der Waals surface area contributed by atoms with Crippen molar-refractivity contribution in [3.63, 3.8) is 0 Å². The van der Waals surface area contributed by atoms with E-state index in [0.717, 1.165) is 5.40 Å². The maximum Gasteiger partial charge on any atom is -0.000583 e. The van der Waals surface area contributed by atoms with Gasteiger partial charge in [0.15, 0.2) is 0 Å². The third-order valence-corrected chi connectivity index (χ3v) is 16.8. The van der Waals surface area contributed by atoms with Gasteiger partial charge in [-0.15, -0.1) is 0 Å². The molecule has 2 heteroatoms. The first-order valence-corrected chi connectivity index (χ1v) is 22.8. The van der Waals surface area contributed by atoms with Gasteiger partial charge < -0.3 is 0 Å². The van der Waals surface area contributed by atoms with E-state index in [2.05, 4.69) is 34.6 Å². The highest BCUT2D eigenvalue weighted by molar-refractivity contribution is 7.75. The zero-order chi connectivity index (χ0) is 29.4. The van der Waals surface area contributed by atoms with Crippen LogP contribution in [0.15, 0.2) is 0 Å². The Labute approximate surface area is 259 Å². The molecule has 0 aromatic heterocycles. The summed E-state index contributed by atoms with van der Waals surface area (Å²) in [4.78, 5) is 0. The Morgan fingerprint density at radius 1 is 0.275 bits per heavy atom. The Balaban J connectivity index is 5.35. The summed E-state index contributed by atoms with van der Waals surface area (Å²) in [5, 5.41) is 1.15. The minimum atomic E-state index is 0.239. The second-order valence-corrected chi connectivity index (χ2v) is 18.9. The molecule has 0 atom stereocenters. The molecule has 0 amide bonds. The van der Waals surface area contributed by atoms with E-state index in [-0.39, 0.29) is 15.8 Å². The third-order valence-electron chi connectivity index (χ3n) is 9.10. The average Bonchev–Trinajstić information content (AvgIpc) is 2.96. The molecular weight excluding hydrogens is 518 g/mol. The fourth-order valence-corrected chi connectivity index (χ4v) is 14.9. The van der Waals surface area contributed by atoms with E-state index in [1.54, 1.807) is 56.8 Å². The largest absolute Gasteiger partial charge is 0.0991 e. The molecule has 0 rings (SSSR count). The van der Waals surface area contributed by atoms with E-state index in [4.69, 9.17) is 0 Å². The molecule has 0 spiro atoms. The monoisotopic (exact) mass is 599 g/mol. The molecule has 40 heavy (non-hydrogen) atoms. The Morgan fingerprint density at radius 2 is 0.500 bits per heavy atom. The third kappa shape index (κ3) is 26.5. The highest BCUT2D eigenvalue weighted by Gasteiger charge is 2.27. The highest BCUT2D eigenvalue weighted by Crippen LogP contribution is 2.61. The molecule has 0 aliphatic rings. The summed E-state index contributed by atoms with van der Waals surface area (Å²) in [5.41, 5.74) is 0. The van der Waals surface area contributed by atoms with E-state index in [1.807, 2.05) is 0 Å². The molecule has 0 N–H and O–H groups in total. The predicted octanol–water partition coefficient (Wildman–Crippen LogP) is 15.3. The van der Waals surface area contributed by atoms with Gasteiger partial charge in [0.1, 0.15) is 0 Å². The Hall–Kier alpha value is 0.860. The number of unbranched alkanes of at least 4 members (excludes halogenated alkanes) is 22. The van der Waals surface area contributed by atoms with E-state index < -0.39 is 0 Å². The van der Waals surface area contributed by atoms with Crippen LogP contribution in [0.5, 0.6) is 0 Å². The molecule has 0 fully saturated rings. The number of hydrogen-bond donors (Lipinski definition) is 0. The van der Waals surface area contributed by atoms with Gasteiger partial charge in [0.05, 0.1) is 0 Å². The summed E-state index contributed by atoms with van der Waals surface area (Å²) >= 11 is 0. The normalized spacial score (nSPS) is 12.0. The van der Waals surface area contributed by atoms with Gasteiger partial charge in [-0.2, -0.15) is 0 Å². The van der Waals surface area contributed by atoms with Gasteiger partial charge in [0.2, 0.25) is 0 Å². The van der Waals surface area contributed by atoms with Crippen molar-refractivity contribution in [1.82, 2.24) is 0 Å². The van der Waals surface area contributed by atoms with Gasteiger partial charge >= 0.3 is 0 Å². The number of rotatable bonds is 34. The Kier molecular flexibility index (Phi) is 35.1. The van der Waals surface area contributed by atoms with Crippen LogP contribution in [0.25, 0.3) is 0 Å². The first kappa shape index (κ1) is 40.9. The van der Waals surface area contributed by atoms with Crippen molar-refractivity contribution in [3.8, 4) is 0 Å². The lowest BCUT2D eigenvalue weighted by Gasteiger charge is -2.36. The molecule has 0 saturated heterocycles. The summed E-state index contributed by atoms with van der Waals surface area (Å²) in [6.45, 7) is 11.8. The summed E-state index contributed by atoms with van der Waals surface area (Å²) in [6, 6.07) is 0. The van der Waals surface area contributed by atoms with Crippen LogP contribution in [-0.4, -0.2) is 30.0 Å². The molecule has 0 nitrogen and oxygen atoms in total. The Morgan fingerprint density at radius 3 is 0.775 bits per heavy atom. The zero-order valence-corrected chi connectivity index (χ0v) is 30.9. The molecule has 0 aromatic rings. The average molecular weight is 599 g/mol. The molecule has 0 saturated carbocycles. The van der Waals surface area contributed by atoms with Crippen molar-refractivity contribution in [3.05, 3.63) is 0 Å². The van der Waals surface area contributed by atoms with Gasteiger partial charge in [0.25, 0.3) is 0 Å². The summed E-state index contributed by atoms with van der Waals surface area (Å²) in [5.74, 6) is 0. The van der Waals surface area contributed by atoms with Gasteiger partial charge in [-0.3, -0.25) is 0 Å². The van der Waals surface area contributed by atoms with Gasteiger partial charge in [-0.25, -0.2) is 0 Å². The molecule has 0 bridgehead atoms. The quantitative estimate of drug-likeness (QED) is 0.0510. The second-order valence-electron chi connectivity index (χ2n) is 13.1. The van der Waals surface area contributed by atoms with Gasteiger partial charge in [-0.1, -0.05) is 198 Å². The SMILES string of the molecule is CCCCCCCCP(CCCCCCCC)C(CCCCC)P(CCCCCCCC)CCCCCCCC. The molecule has 0 heterocycles. The minimum Gasteiger partial charge on any atom is -0.0991 e. The number of hydrogen-bond acceptors (Lipinski definition) is 0. The summed E-state index contributed by atoms with van der Waals surface area (Å²) in [6.07, 6.45) is 48.0. The smallest absolute Gasteiger partial charge is 0.000583 e. The maximum atomic E-state index is 2.42. The van der Waals surface area contributed by atoms with Crippen LogP contribution in [0.3, 0.4) is 0 Å². The minimum absolute atomic E-state index is 0.239. The lowest BCUT2D eigenvalue weighted by Crippen LogP contribution is -2.13. The first-order chi connectivity index (χ1) is 19.7. The summed E-state index contributed by atoms with van der Waals surface area (Å²) in [7, 11) is 0.479. The molecule has 0 aliphatic heterocycles. The van der Waals surface area contributed by atoms with E-state index in [0.29, 0.717) is 0 Å². The molecular formula is C38H80P2. The lowest BCUT2D eigenvalue weighted by molar-refractivity contribution is 0.618. The first-order valence-electron chi connectivity index (χ1n) is 19.2. The highest BCUT2D eigenvalue weighted by atomic mass is 31.2. The standard InChI is InChI=1S/C38H80P2/c1-6-11-16-20-24-29-34-39(35-30-25-21-17-12-7-2)38(33-28-15-10-5)40(36-31-26-22-18-13-8-3)37-32-27-23-19-14-9-4/h38H,6-37H2,1-5H3. The molecule has 0 aliphatic carbocycles. The van der Waals surface area contributed by atoms with E-state index in [1.165, 1.54) is 148 Å². The molecule has 0 aromatic carbocycles. The fraction of sp³-hybridized carbons (Fsp3) is 1.00. The van der Waals surface area contributed by atoms with E-state index >= 15 is 0 Å². The van der Waals surface area contributed by atoms with Crippen molar-refractivity contribution in [2.75, 3.05) is 24.6 Å². The van der Waals surface area contributed by atoms with Crippen LogP contribution in [0.4, 0.5) is 0 Å². The van der Waals surface area contributed by atoms with Crippen molar-refractivity contribution in [2.45, 2.75) is 220 Å². The molecule has 0 unspecified atom stereocenters. The predicted molar refractivity (Wildman–Crippen MR) is 195 cm³/mol. The fourth-order valence-electron chi connectivity index (χ4n) is 6.37. The van der Waals surface area contributed by atoms with Crippen LogP contribution < -0.4 is 0 Å². The zero-order valence-electron chi connectivity index (χ0n) is 29.1. The second kappa shape index (κ2) is 34.4. The maximum absolute atomic E-state index is 2.42. The topological polar surface area (TPSA) is 0 Å². The lowest BCUT2D eigenvalue weighted by atomic mass is 10.1. The van der Waals surface area contributed by atoms with Crippen molar-refractivity contribution in [1.29, 1.82) is 0 Å². The van der Waals surface area contributed by atoms with E-state index in [9.17, 15) is 0 Å². The molecule has 242 valence electrons. The van der Waals surface area contributed by atoms with Crippen molar-refractivity contribution < 1.29 is 0 Å². The van der Waals surface area contributed by atoms with Crippen molar-refractivity contribution in [2.24, 2.45) is 0 Å². The van der Waals surface area contributed by atoms with Crippen LogP contribution >= 0.6 is 15.8 Å². The van der Waals surface area contributed by atoms with Crippen LogP contribution in [0, 0.1) is 0 Å².